The molecular weight excluding hydrogens is 308 g/mol. The van der Waals surface area contributed by atoms with E-state index in [0.717, 1.165) is 5.69 Å². The van der Waals surface area contributed by atoms with Crippen LogP contribution in [0.5, 0.6) is 11.5 Å². The fraction of sp³-hybridized carbons (Fsp3) is 0.222. The van der Waals surface area contributed by atoms with Gasteiger partial charge in [-0.1, -0.05) is 30.3 Å². The maximum Gasteiger partial charge on any atom is 0.258 e. The average molecular weight is 328 g/mol. The van der Waals surface area contributed by atoms with Gasteiger partial charge in [-0.2, -0.15) is 0 Å². The van der Waals surface area contributed by atoms with Crippen molar-refractivity contribution < 1.29 is 19.1 Å². The van der Waals surface area contributed by atoms with Crippen molar-refractivity contribution in [3.63, 3.8) is 0 Å². The molecule has 2 rings (SSSR count). The van der Waals surface area contributed by atoms with Gasteiger partial charge >= 0.3 is 0 Å². The summed E-state index contributed by atoms with van der Waals surface area (Å²) in [4.78, 5) is 25.4. The van der Waals surface area contributed by atoms with E-state index in [1.165, 1.54) is 12.0 Å². The zero-order valence-corrected chi connectivity index (χ0v) is 13.7. The van der Waals surface area contributed by atoms with Gasteiger partial charge in [-0.25, -0.2) is 0 Å². The van der Waals surface area contributed by atoms with Gasteiger partial charge in [-0.3, -0.25) is 9.59 Å². The van der Waals surface area contributed by atoms with Gasteiger partial charge in [0.2, 0.25) is 5.91 Å². The molecule has 2 amide bonds. The second kappa shape index (κ2) is 8.57. The van der Waals surface area contributed by atoms with Crippen molar-refractivity contribution in [2.45, 2.75) is 0 Å². The Morgan fingerprint density at radius 2 is 1.62 bits per heavy atom. The first-order valence-electron chi connectivity index (χ1n) is 7.46. The molecule has 0 aliphatic carbocycles. The van der Waals surface area contributed by atoms with E-state index in [1.54, 1.807) is 25.2 Å². The molecule has 0 saturated carbocycles. The summed E-state index contributed by atoms with van der Waals surface area (Å²) in [6.45, 7) is -0.289. The molecule has 0 aromatic heterocycles. The topological polar surface area (TPSA) is 67.9 Å². The quantitative estimate of drug-likeness (QED) is 0.842. The monoisotopic (exact) mass is 328 g/mol. The summed E-state index contributed by atoms with van der Waals surface area (Å²) in [6, 6.07) is 16.3. The van der Waals surface area contributed by atoms with Gasteiger partial charge < -0.3 is 19.7 Å². The maximum absolute atomic E-state index is 12.1. The Balaban J connectivity index is 1.79. The highest BCUT2D eigenvalue weighted by atomic mass is 16.5. The number of nitrogens with zero attached hydrogens (tertiary/aromatic N) is 1. The fourth-order valence-electron chi connectivity index (χ4n) is 2.02. The van der Waals surface area contributed by atoms with Crippen molar-refractivity contribution in [3.05, 3.63) is 54.6 Å². The van der Waals surface area contributed by atoms with Gasteiger partial charge in [0, 0.05) is 12.7 Å². The number of methoxy groups -OCH3 is 1. The first-order chi connectivity index (χ1) is 11.6. The first-order valence-corrected chi connectivity index (χ1v) is 7.46. The van der Waals surface area contributed by atoms with Crippen LogP contribution in [0.25, 0.3) is 0 Å². The van der Waals surface area contributed by atoms with Gasteiger partial charge in [0.05, 0.1) is 13.7 Å². The van der Waals surface area contributed by atoms with Gasteiger partial charge in [-0.05, 0) is 24.3 Å². The summed E-state index contributed by atoms with van der Waals surface area (Å²) in [5, 5.41) is 2.54. The zero-order valence-electron chi connectivity index (χ0n) is 13.7. The number of anilines is 1. The number of rotatable bonds is 7. The van der Waals surface area contributed by atoms with Crippen LogP contribution in [0, 0.1) is 0 Å². The van der Waals surface area contributed by atoms with E-state index in [0.29, 0.717) is 11.5 Å². The number of benzene rings is 2. The van der Waals surface area contributed by atoms with Gasteiger partial charge in [0.25, 0.3) is 5.91 Å². The molecule has 1 N–H and O–H groups in total. The predicted octanol–water partition coefficient (Wildman–Crippen LogP) is 1.85. The Bertz CT molecular complexity index is 688. The molecule has 0 atom stereocenters. The van der Waals surface area contributed by atoms with Crippen molar-refractivity contribution in [2.75, 3.05) is 32.2 Å². The molecule has 126 valence electrons. The summed E-state index contributed by atoms with van der Waals surface area (Å²) in [6.07, 6.45) is 0. The molecular formula is C18H20N2O4. The molecule has 0 aliphatic rings. The minimum Gasteiger partial charge on any atom is -0.493 e. The molecule has 0 radical (unpaired) electrons. The molecule has 2 aromatic carbocycles. The molecule has 24 heavy (non-hydrogen) atoms. The van der Waals surface area contributed by atoms with E-state index in [9.17, 15) is 9.59 Å². The lowest BCUT2D eigenvalue weighted by Crippen LogP contribution is -2.39. The Kier molecular flexibility index (Phi) is 6.19. The third kappa shape index (κ3) is 4.74. The third-order valence-corrected chi connectivity index (χ3v) is 3.38. The second-order valence-corrected chi connectivity index (χ2v) is 5.00. The Labute approximate surface area is 141 Å². The largest absolute Gasteiger partial charge is 0.493 e. The first kappa shape index (κ1) is 17.3. The van der Waals surface area contributed by atoms with Crippen molar-refractivity contribution in [1.82, 2.24) is 5.32 Å². The molecule has 0 saturated heterocycles. The van der Waals surface area contributed by atoms with Crippen molar-refractivity contribution in [1.29, 1.82) is 0 Å². The van der Waals surface area contributed by atoms with E-state index < -0.39 is 0 Å². The Morgan fingerprint density at radius 1 is 1.00 bits per heavy atom. The third-order valence-electron chi connectivity index (χ3n) is 3.38. The fourth-order valence-corrected chi connectivity index (χ4v) is 2.02. The minimum atomic E-state index is -0.379. The number of hydrogen-bond donors (Lipinski definition) is 1. The number of carbonyl (C=O) groups excluding carboxylic acids is 2. The van der Waals surface area contributed by atoms with Crippen LogP contribution in [0.3, 0.4) is 0 Å². The van der Waals surface area contributed by atoms with Crippen molar-refractivity contribution in [3.8, 4) is 11.5 Å². The molecule has 0 bridgehead atoms. The minimum absolute atomic E-state index is 0.0977. The molecule has 2 aromatic rings. The molecule has 0 heterocycles. The van der Waals surface area contributed by atoms with Gasteiger partial charge in [-0.15, -0.1) is 0 Å². The normalized spacial score (nSPS) is 9.92. The zero-order chi connectivity index (χ0) is 17.4. The van der Waals surface area contributed by atoms with Crippen molar-refractivity contribution in [2.24, 2.45) is 0 Å². The standard InChI is InChI=1S/C18H20N2O4/c1-20(14-8-4-3-5-9-14)18(22)12-19-17(21)13-24-16-11-7-6-10-15(16)23-2/h3-11H,12-13H2,1-2H3,(H,19,21). The molecule has 6 nitrogen and oxygen atoms in total. The highest BCUT2D eigenvalue weighted by Gasteiger charge is 2.12. The lowest BCUT2D eigenvalue weighted by Gasteiger charge is -2.17. The van der Waals surface area contributed by atoms with E-state index in [4.69, 9.17) is 9.47 Å². The van der Waals surface area contributed by atoms with Crippen LogP contribution in [0.15, 0.2) is 54.6 Å². The van der Waals surface area contributed by atoms with Crippen LogP contribution in [0.4, 0.5) is 5.69 Å². The summed E-state index contributed by atoms with van der Waals surface area (Å²) in [5.41, 5.74) is 0.766. The van der Waals surface area contributed by atoms with E-state index in [-0.39, 0.29) is 25.0 Å². The summed E-state index contributed by atoms with van der Waals surface area (Å²) in [5.74, 6) is 0.427. The highest BCUT2D eigenvalue weighted by Crippen LogP contribution is 2.25. The number of para-hydroxylation sites is 3. The summed E-state index contributed by atoms with van der Waals surface area (Å²) in [7, 11) is 3.19. The number of likely N-dealkylation sites (N-methyl/N-ethyl adjacent to an activating group) is 1. The van der Waals surface area contributed by atoms with Crippen LogP contribution in [-0.2, 0) is 9.59 Å². The number of nitrogens with one attached hydrogen (secondary N) is 1. The van der Waals surface area contributed by atoms with E-state index in [1.807, 2.05) is 36.4 Å². The molecule has 6 heteroatoms. The smallest absolute Gasteiger partial charge is 0.258 e. The predicted molar refractivity (Wildman–Crippen MR) is 91.4 cm³/mol. The molecule has 0 fully saturated rings. The summed E-state index contributed by atoms with van der Waals surface area (Å²) >= 11 is 0. The van der Waals surface area contributed by atoms with Crippen molar-refractivity contribution >= 4 is 17.5 Å². The van der Waals surface area contributed by atoms with Crippen LogP contribution >= 0.6 is 0 Å². The molecule has 0 spiro atoms. The second-order valence-electron chi connectivity index (χ2n) is 5.00. The van der Waals surface area contributed by atoms with Crippen LogP contribution in [0.2, 0.25) is 0 Å². The number of amides is 2. The van der Waals surface area contributed by atoms with E-state index >= 15 is 0 Å². The van der Waals surface area contributed by atoms with Gasteiger partial charge in [0.15, 0.2) is 18.1 Å². The number of carbonyl (C=O) groups is 2. The summed E-state index contributed by atoms with van der Waals surface area (Å²) < 4.78 is 10.5. The van der Waals surface area contributed by atoms with Crippen LogP contribution < -0.4 is 19.7 Å². The number of ether oxygens (including phenoxy) is 2. The Morgan fingerprint density at radius 3 is 2.29 bits per heavy atom. The SMILES string of the molecule is COc1ccccc1OCC(=O)NCC(=O)N(C)c1ccccc1. The van der Waals surface area contributed by atoms with Crippen LogP contribution in [0.1, 0.15) is 0 Å². The van der Waals surface area contributed by atoms with E-state index in [2.05, 4.69) is 5.32 Å². The lowest BCUT2D eigenvalue weighted by atomic mass is 10.3. The number of hydrogen-bond acceptors (Lipinski definition) is 4. The lowest BCUT2D eigenvalue weighted by molar-refractivity contribution is -0.126. The van der Waals surface area contributed by atoms with Gasteiger partial charge in [0.1, 0.15) is 0 Å². The highest BCUT2D eigenvalue weighted by molar-refractivity contribution is 5.96. The molecule has 0 aliphatic heterocycles. The Hall–Kier alpha value is -3.02. The maximum atomic E-state index is 12.1. The average Bonchev–Trinajstić information content (AvgIpc) is 2.64. The molecule has 0 unspecified atom stereocenters. The van der Waals surface area contributed by atoms with Crippen LogP contribution in [-0.4, -0.2) is 39.1 Å².